The molecule has 2 unspecified atom stereocenters. The van der Waals surface area contributed by atoms with Gasteiger partial charge in [0.1, 0.15) is 6.04 Å². The van der Waals surface area contributed by atoms with Gasteiger partial charge < -0.3 is 15.4 Å². The Labute approximate surface area is 141 Å². The van der Waals surface area contributed by atoms with Crippen LogP contribution in [0.15, 0.2) is 28.9 Å². The fourth-order valence-electron chi connectivity index (χ4n) is 2.14. The van der Waals surface area contributed by atoms with Crippen molar-refractivity contribution in [3.8, 4) is 0 Å². The van der Waals surface area contributed by atoms with Crippen LogP contribution in [-0.4, -0.2) is 39.5 Å². The Morgan fingerprint density at radius 2 is 2.18 bits per heavy atom. The van der Waals surface area contributed by atoms with E-state index in [2.05, 4.69) is 26.2 Å². The Morgan fingerprint density at radius 3 is 2.82 bits per heavy atom. The van der Waals surface area contributed by atoms with Crippen molar-refractivity contribution in [3.05, 3.63) is 34.4 Å². The quantitative estimate of drug-likeness (QED) is 0.714. The van der Waals surface area contributed by atoms with E-state index >= 15 is 0 Å². The Kier molecular flexibility index (Phi) is 5.52. The number of rotatable bonds is 6. The van der Waals surface area contributed by atoms with Crippen LogP contribution in [-0.2, 0) is 16.0 Å². The molecule has 1 aromatic heterocycles. The average molecular weight is 385 g/mol. The topological polar surface area (TPSA) is 82.2 Å². The van der Waals surface area contributed by atoms with Gasteiger partial charge in [0.25, 0.3) is 0 Å². The van der Waals surface area contributed by atoms with Gasteiger partial charge in [-0.25, -0.2) is 4.79 Å². The number of H-pyrrole nitrogens is 1. The molecule has 22 heavy (non-hydrogen) atoms. The van der Waals surface area contributed by atoms with E-state index in [1.54, 1.807) is 13.1 Å². The molecule has 1 amide bonds. The number of carbonyl (C=O) groups excluding carboxylic acids is 1. The van der Waals surface area contributed by atoms with Gasteiger partial charge in [-0.3, -0.25) is 4.79 Å². The van der Waals surface area contributed by atoms with Crippen LogP contribution in [0.1, 0.15) is 12.5 Å². The van der Waals surface area contributed by atoms with Crippen molar-refractivity contribution >= 4 is 50.5 Å². The fourth-order valence-corrected chi connectivity index (χ4v) is 2.78. The zero-order valence-corrected chi connectivity index (χ0v) is 14.6. The van der Waals surface area contributed by atoms with E-state index in [4.69, 9.17) is 0 Å². The van der Waals surface area contributed by atoms with Gasteiger partial charge in [-0.05, 0) is 36.9 Å². The number of halogens is 1. The lowest BCUT2D eigenvalue weighted by Gasteiger charge is -2.16. The van der Waals surface area contributed by atoms with Gasteiger partial charge >= 0.3 is 5.97 Å². The van der Waals surface area contributed by atoms with E-state index in [0.717, 1.165) is 20.9 Å². The van der Waals surface area contributed by atoms with Crippen LogP contribution in [0.2, 0.25) is 0 Å². The van der Waals surface area contributed by atoms with Crippen molar-refractivity contribution in [1.82, 2.24) is 10.3 Å². The molecule has 7 heteroatoms. The SMILES string of the molecule is CSC(C)C(=O)NC(Cc1c[nH]c2ccc(Br)cc12)C(=O)O. The van der Waals surface area contributed by atoms with Crippen LogP contribution in [0.3, 0.4) is 0 Å². The summed E-state index contributed by atoms with van der Waals surface area (Å²) < 4.78 is 0.924. The van der Waals surface area contributed by atoms with Crippen LogP contribution in [0.5, 0.6) is 0 Å². The van der Waals surface area contributed by atoms with Crippen LogP contribution < -0.4 is 5.32 Å². The summed E-state index contributed by atoms with van der Waals surface area (Å²) in [6.45, 7) is 1.75. The number of benzene rings is 1. The second-order valence-corrected chi connectivity index (χ2v) is 7.08. The third-order valence-corrected chi connectivity index (χ3v) is 4.91. The number of aromatic amines is 1. The minimum atomic E-state index is -1.04. The molecule has 0 radical (unpaired) electrons. The van der Waals surface area contributed by atoms with Crippen molar-refractivity contribution in [2.45, 2.75) is 24.6 Å². The highest BCUT2D eigenvalue weighted by Gasteiger charge is 2.24. The predicted octanol–water partition coefficient (Wildman–Crippen LogP) is 2.79. The Hall–Kier alpha value is -1.47. The zero-order valence-electron chi connectivity index (χ0n) is 12.2. The number of carboxylic acid groups (broad SMARTS) is 1. The first-order chi connectivity index (χ1) is 10.4. The molecule has 0 bridgehead atoms. The van der Waals surface area contributed by atoms with Crippen molar-refractivity contribution in [1.29, 1.82) is 0 Å². The van der Waals surface area contributed by atoms with Crippen molar-refractivity contribution in [2.24, 2.45) is 0 Å². The number of carboxylic acids is 1. The number of aromatic nitrogens is 1. The van der Waals surface area contributed by atoms with Gasteiger partial charge in [0.05, 0.1) is 5.25 Å². The standard InChI is InChI=1S/C15H17BrN2O3S/c1-8(22-2)14(19)18-13(15(20)21)5-9-7-17-12-4-3-10(16)6-11(9)12/h3-4,6-8,13,17H,5H2,1-2H3,(H,18,19)(H,20,21). The molecular formula is C15H17BrN2O3S. The summed E-state index contributed by atoms with van der Waals surface area (Å²) in [5.74, 6) is -1.30. The molecule has 0 saturated carbocycles. The molecule has 1 heterocycles. The molecule has 0 aliphatic carbocycles. The first-order valence-electron chi connectivity index (χ1n) is 6.74. The maximum atomic E-state index is 11.9. The molecule has 0 fully saturated rings. The highest BCUT2D eigenvalue weighted by molar-refractivity contribution is 9.10. The molecule has 5 nitrogen and oxygen atoms in total. The van der Waals surface area contributed by atoms with Crippen molar-refractivity contribution in [2.75, 3.05) is 6.26 Å². The number of aliphatic carboxylic acids is 1. The molecule has 0 spiro atoms. The Balaban J connectivity index is 2.21. The number of thioether (sulfide) groups is 1. The van der Waals surface area contributed by atoms with Gasteiger partial charge in [0.15, 0.2) is 0 Å². The van der Waals surface area contributed by atoms with E-state index < -0.39 is 12.0 Å². The Bertz CT molecular complexity index is 701. The molecule has 3 N–H and O–H groups in total. The average Bonchev–Trinajstić information content (AvgIpc) is 2.87. The number of amides is 1. The van der Waals surface area contributed by atoms with Gasteiger partial charge in [0.2, 0.25) is 5.91 Å². The summed E-state index contributed by atoms with van der Waals surface area (Å²) in [5, 5.41) is 12.6. The molecule has 0 aliphatic heterocycles. The lowest BCUT2D eigenvalue weighted by molar-refractivity contribution is -0.141. The molecule has 0 aliphatic rings. The van der Waals surface area contributed by atoms with Gasteiger partial charge in [-0.15, -0.1) is 0 Å². The number of nitrogens with one attached hydrogen (secondary N) is 2. The third kappa shape index (κ3) is 3.84. The van der Waals surface area contributed by atoms with Crippen molar-refractivity contribution < 1.29 is 14.7 Å². The smallest absolute Gasteiger partial charge is 0.326 e. The van der Waals surface area contributed by atoms with E-state index in [9.17, 15) is 14.7 Å². The van der Waals surface area contributed by atoms with Crippen LogP contribution >= 0.6 is 27.7 Å². The molecule has 0 saturated heterocycles. The summed E-state index contributed by atoms with van der Waals surface area (Å²) in [6, 6.07) is 4.83. The predicted molar refractivity (Wildman–Crippen MR) is 92.2 cm³/mol. The second kappa shape index (κ2) is 7.19. The summed E-state index contributed by atoms with van der Waals surface area (Å²) in [4.78, 5) is 26.5. The van der Waals surface area contributed by atoms with E-state index in [-0.39, 0.29) is 17.6 Å². The van der Waals surface area contributed by atoms with Gasteiger partial charge in [0, 0.05) is 28.0 Å². The molecular weight excluding hydrogens is 368 g/mol. The van der Waals surface area contributed by atoms with Gasteiger partial charge in [-0.2, -0.15) is 11.8 Å². The molecule has 2 atom stereocenters. The number of carbonyl (C=O) groups is 2. The summed E-state index contributed by atoms with van der Waals surface area (Å²) in [5.41, 5.74) is 1.80. The largest absolute Gasteiger partial charge is 0.480 e. The first-order valence-corrected chi connectivity index (χ1v) is 8.82. The molecule has 118 valence electrons. The van der Waals surface area contributed by atoms with Crippen LogP contribution in [0.4, 0.5) is 0 Å². The van der Waals surface area contributed by atoms with E-state index in [1.165, 1.54) is 11.8 Å². The van der Waals surface area contributed by atoms with E-state index in [0.29, 0.717) is 0 Å². The Morgan fingerprint density at radius 1 is 1.45 bits per heavy atom. The monoisotopic (exact) mass is 384 g/mol. The van der Waals surface area contributed by atoms with Crippen LogP contribution in [0.25, 0.3) is 10.9 Å². The minimum Gasteiger partial charge on any atom is -0.480 e. The van der Waals surface area contributed by atoms with Crippen molar-refractivity contribution in [3.63, 3.8) is 0 Å². The summed E-state index contributed by atoms with van der Waals surface area (Å²) in [7, 11) is 0. The van der Waals surface area contributed by atoms with E-state index in [1.807, 2.05) is 24.5 Å². The maximum absolute atomic E-state index is 11.9. The third-order valence-electron chi connectivity index (χ3n) is 3.49. The fraction of sp³-hybridized carbons (Fsp3) is 0.333. The maximum Gasteiger partial charge on any atom is 0.326 e. The number of fused-ring (bicyclic) bond motifs is 1. The minimum absolute atomic E-state index is 0.235. The summed E-state index contributed by atoms with van der Waals surface area (Å²) >= 11 is 4.79. The lowest BCUT2D eigenvalue weighted by Crippen LogP contribution is -2.45. The second-order valence-electron chi connectivity index (χ2n) is 4.99. The normalized spacial score (nSPS) is 13.8. The molecule has 1 aromatic carbocycles. The van der Waals surface area contributed by atoms with Gasteiger partial charge in [-0.1, -0.05) is 15.9 Å². The highest BCUT2D eigenvalue weighted by atomic mass is 79.9. The molecule has 2 aromatic rings. The zero-order chi connectivity index (χ0) is 16.3. The number of hydrogen-bond acceptors (Lipinski definition) is 3. The molecule has 2 rings (SSSR count). The number of hydrogen-bond donors (Lipinski definition) is 3. The van der Waals surface area contributed by atoms with Crippen LogP contribution in [0, 0.1) is 0 Å². The first kappa shape index (κ1) is 16.9. The highest BCUT2D eigenvalue weighted by Crippen LogP contribution is 2.23. The summed E-state index contributed by atoms with van der Waals surface area (Å²) in [6.07, 6.45) is 3.84. The lowest BCUT2D eigenvalue weighted by atomic mass is 10.0.